The average Bonchev–Trinajstić information content (AvgIpc) is 2.53. The maximum absolute atomic E-state index is 12.0. The van der Waals surface area contributed by atoms with E-state index in [0.717, 1.165) is 18.5 Å². The van der Waals surface area contributed by atoms with Crippen LogP contribution in [-0.4, -0.2) is 36.5 Å². The highest BCUT2D eigenvalue weighted by Crippen LogP contribution is 2.16. The summed E-state index contributed by atoms with van der Waals surface area (Å²) in [6.45, 7) is 5.24. The lowest BCUT2D eigenvalue weighted by molar-refractivity contribution is -0.122. The number of nitrogens with one attached hydrogen (secondary N) is 1. The Balaban J connectivity index is 1.67. The molecule has 0 saturated carbocycles. The minimum absolute atomic E-state index is 0.0899. The molecule has 0 radical (unpaired) electrons. The van der Waals surface area contributed by atoms with Gasteiger partial charge in [-0.1, -0.05) is 36.8 Å². The molecule has 3 N–H and O–H groups in total. The average molecular weight is 289 g/mol. The SMILES string of the molecule is CC1CCCCN1CCCNC(=O)C(N)c1ccccc1. The van der Waals surface area contributed by atoms with E-state index in [9.17, 15) is 4.79 Å². The van der Waals surface area contributed by atoms with Gasteiger partial charge in [0.25, 0.3) is 0 Å². The lowest BCUT2D eigenvalue weighted by Gasteiger charge is -2.33. The molecule has 0 aromatic heterocycles. The third-order valence-electron chi connectivity index (χ3n) is 4.30. The number of carbonyl (C=O) groups excluding carboxylic acids is 1. The molecule has 0 spiro atoms. The van der Waals surface area contributed by atoms with E-state index in [2.05, 4.69) is 17.1 Å². The van der Waals surface area contributed by atoms with Gasteiger partial charge in [-0.3, -0.25) is 4.79 Å². The number of nitrogens with zero attached hydrogens (tertiary/aromatic N) is 1. The predicted molar refractivity (Wildman–Crippen MR) is 85.9 cm³/mol. The topological polar surface area (TPSA) is 58.4 Å². The molecule has 1 amide bonds. The summed E-state index contributed by atoms with van der Waals surface area (Å²) in [7, 11) is 0. The minimum Gasteiger partial charge on any atom is -0.354 e. The largest absolute Gasteiger partial charge is 0.354 e. The Bertz CT molecular complexity index is 435. The Morgan fingerprint density at radius 2 is 2.14 bits per heavy atom. The molecule has 1 heterocycles. The molecule has 2 unspecified atom stereocenters. The molecule has 1 aliphatic heterocycles. The summed E-state index contributed by atoms with van der Waals surface area (Å²) in [5.41, 5.74) is 6.82. The van der Waals surface area contributed by atoms with Crippen LogP contribution >= 0.6 is 0 Å². The van der Waals surface area contributed by atoms with Gasteiger partial charge in [0, 0.05) is 19.1 Å². The number of likely N-dealkylation sites (tertiary alicyclic amines) is 1. The molecule has 21 heavy (non-hydrogen) atoms. The smallest absolute Gasteiger partial charge is 0.241 e. The first kappa shape index (κ1) is 16.0. The monoisotopic (exact) mass is 289 g/mol. The summed E-state index contributed by atoms with van der Waals surface area (Å²) >= 11 is 0. The maximum atomic E-state index is 12.0. The lowest BCUT2D eigenvalue weighted by atomic mass is 10.0. The Morgan fingerprint density at radius 3 is 2.86 bits per heavy atom. The molecule has 1 aromatic carbocycles. The summed E-state index contributed by atoms with van der Waals surface area (Å²) in [6.07, 6.45) is 4.93. The fraction of sp³-hybridized carbons (Fsp3) is 0.588. The second-order valence-electron chi connectivity index (χ2n) is 5.91. The van der Waals surface area contributed by atoms with E-state index in [1.54, 1.807) is 0 Å². The number of nitrogens with two attached hydrogens (primary N) is 1. The fourth-order valence-electron chi connectivity index (χ4n) is 2.91. The van der Waals surface area contributed by atoms with E-state index >= 15 is 0 Å². The number of amides is 1. The highest BCUT2D eigenvalue weighted by Gasteiger charge is 2.18. The third kappa shape index (κ3) is 4.83. The summed E-state index contributed by atoms with van der Waals surface area (Å²) in [4.78, 5) is 14.5. The third-order valence-corrected chi connectivity index (χ3v) is 4.30. The molecule has 1 aliphatic rings. The number of piperidine rings is 1. The summed E-state index contributed by atoms with van der Waals surface area (Å²) < 4.78 is 0. The van der Waals surface area contributed by atoms with Crippen LogP contribution in [0.4, 0.5) is 0 Å². The first-order chi connectivity index (χ1) is 10.2. The molecule has 116 valence electrons. The second-order valence-corrected chi connectivity index (χ2v) is 5.91. The van der Waals surface area contributed by atoms with Crippen LogP contribution in [0.1, 0.15) is 44.2 Å². The lowest BCUT2D eigenvalue weighted by Crippen LogP contribution is -2.40. The van der Waals surface area contributed by atoms with Crippen LogP contribution in [0.2, 0.25) is 0 Å². The maximum Gasteiger partial charge on any atom is 0.241 e. The van der Waals surface area contributed by atoms with Gasteiger partial charge in [-0.05, 0) is 38.3 Å². The van der Waals surface area contributed by atoms with Gasteiger partial charge in [-0.25, -0.2) is 0 Å². The van der Waals surface area contributed by atoms with Crippen LogP contribution in [0.5, 0.6) is 0 Å². The van der Waals surface area contributed by atoms with Crippen molar-refractivity contribution in [2.75, 3.05) is 19.6 Å². The number of benzene rings is 1. The molecule has 4 nitrogen and oxygen atoms in total. The van der Waals surface area contributed by atoms with Crippen molar-refractivity contribution >= 4 is 5.91 Å². The van der Waals surface area contributed by atoms with Crippen LogP contribution in [0.25, 0.3) is 0 Å². The van der Waals surface area contributed by atoms with E-state index in [0.29, 0.717) is 12.6 Å². The summed E-state index contributed by atoms with van der Waals surface area (Å²) in [5, 5.41) is 2.94. The Labute approximate surface area is 127 Å². The quantitative estimate of drug-likeness (QED) is 0.788. The van der Waals surface area contributed by atoms with Crippen molar-refractivity contribution in [3.05, 3.63) is 35.9 Å². The molecule has 0 bridgehead atoms. The van der Waals surface area contributed by atoms with Crippen molar-refractivity contribution in [2.24, 2.45) is 5.73 Å². The highest BCUT2D eigenvalue weighted by molar-refractivity contribution is 5.82. The first-order valence-corrected chi connectivity index (χ1v) is 8.01. The fourth-order valence-corrected chi connectivity index (χ4v) is 2.91. The van der Waals surface area contributed by atoms with Crippen LogP contribution in [-0.2, 0) is 4.79 Å². The standard InChI is InChI=1S/C17H27N3O/c1-14-8-5-6-12-20(14)13-7-11-19-17(21)16(18)15-9-3-2-4-10-15/h2-4,9-10,14,16H,5-8,11-13,18H2,1H3,(H,19,21). The van der Waals surface area contributed by atoms with E-state index < -0.39 is 6.04 Å². The van der Waals surface area contributed by atoms with Crippen LogP contribution < -0.4 is 11.1 Å². The van der Waals surface area contributed by atoms with E-state index in [1.807, 2.05) is 30.3 Å². The molecule has 2 rings (SSSR count). The highest BCUT2D eigenvalue weighted by atomic mass is 16.2. The van der Waals surface area contributed by atoms with Gasteiger partial charge in [0.1, 0.15) is 6.04 Å². The molecule has 1 saturated heterocycles. The van der Waals surface area contributed by atoms with Gasteiger partial charge in [-0.15, -0.1) is 0 Å². The zero-order valence-electron chi connectivity index (χ0n) is 12.9. The number of rotatable bonds is 6. The van der Waals surface area contributed by atoms with Crippen LogP contribution in [0, 0.1) is 0 Å². The number of carbonyl (C=O) groups is 1. The first-order valence-electron chi connectivity index (χ1n) is 8.01. The van der Waals surface area contributed by atoms with Crippen LogP contribution in [0.15, 0.2) is 30.3 Å². The van der Waals surface area contributed by atoms with Gasteiger partial charge < -0.3 is 16.0 Å². The van der Waals surface area contributed by atoms with Gasteiger partial charge >= 0.3 is 0 Å². The Kier molecular flexibility index (Phi) is 6.21. The number of hydrogen-bond donors (Lipinski definition) is 2. The Morgan fingerprint density at radius 1 is 1.38 bits per heavy atom. The molecule has 4 heteroatoms. The Hall–Kier alpha value is -1.39. The second kappa shape index (κ2) is 8.15. The van der Waals surface area contributed by atoms with E-state index in [4.69, 9.17) is 5.73 Å². The molecule has 0 aliphatic carbocycles. The van der Waals surface area contributed by atoms with Gasteiger partial charge in [0.05, 0.1) is 0 Å². The molecular formula is C17H27N3O. The van der Waals surface area contributed by atoms with Crippen molar-refractivity contribution in [3.8, 4) is 0 Å². The van der Waals surface area contributed by atoms with Crippen molar-refractivity contribution in [2.45, 2.75) is 44.7 Å². The molecule has 1 fully saturated rings. The van der Waals surface area contributed by atoms with Crippen LogP contribution in [0.3, 0.4) is 0 Å². The zero-order valence-corrected chi connectivity index (χ0v) is 12.9. The zero-order chi connectivity index (χ0) is 15.1. The minimum atomic E-state index is -0.569. The molecule has 2 atom stereocenters. The van der Waals surface area contributed by atoms with E-state index in [-0.39, 0.29) is 5.91 Å². The van der Waals surface area contributed by atoms with Gasteiger partial charge in [0.2, 0.25) is 5.91 Å². The normalized spacial score (nSPS) is 21.0. The van der Waals surface area contributed by atoms with E-state index in [1.165, 1.54) is 25.8 Å². The van der Waals surface area contributed by atoms with Gasteiger partial charge in [-0.2, -0.15) is 0 Å². The summed E-state index contributed by atoms with van der Waals surface area (Å²) in [5.74, 6) is -0.0899. The van der Waals surface area contributed by atoms with Crippen molar-refractivity contribution in [1.82, 2.24) is 10.2 Å². The predicted octanol–water partition coefficient (Wildman–Crippen LogP) is 2.07. The van der Waals surface area contributed by atoms with Crippen molar-refractivity contribution in [1.29, 1.82) is 0 Å². The van der Waals surface area contributed by atoms with Crippen molar-refractivity contribution < 1.29 is 4.79 Å². The molecular weight excluding hydrogens is 262 g/mol. The van der Waals surface area contributed by atoms with Gasteiger partial charge in [0.15, 0.2) is 0 Å². The molecule has 1 aromatic rings. The summed E-state index contributed by atoms with van der Waals surface area (Å²) in [6, 6.07) is 9.62. The van der Waals surface area contributed by atoms with Crippen molar-refractivity contribution in [3.63, 3.8) is 0 Å². The number of hydrogen-bond acceptors (Lipinski definition) is 3.